The first kappa shape index (κ1) is 14.2. The van der Waals surface area contributed by atoms with E-state index < -0.39 is 11.5 Å². The van der Waals surface area contributed by atoms with Gasteiger partial charge in [-0.1, -0.05) is 37.3 Å². The number of hydrogen-bond acceptors (Lipinski definition) is 4. The molecule has 1 atom stereocenters. The Balaban J connectivity index is 2.28. The minimum Gasteiger partial charge on any atom is -0.508 e. The molecule has 0 aliphatic heterocycles. The summed E-state index contributed by atoms with van der Waals surface area (Å²) < 4.78 is 5.32. The molecule has 0 radical (unpaired) electrons. The monoisotopic (exact) mass is 296 g/mol. The third-order valence-corrected chi connectivity index (χ3v) is 3.89. The lowest BCUT2D eigenvalue weighted by molar-refractivity contribution is 0.441. The van der Waals surface area contributed by atoms with E-state index in [4.69, 9.17) is 4.42 Å². The van der Waals surface area contributed by atoms with E-state index in [2.05, 4.69) is 0 Å². The van der Waals surface area contributed by atoms with Gasteiger partial charge in [0.05, 0.1) is 10.9 Å². The van der Waals surface area contributed by atoms with Crippen LogP contribution in [-0.2, 0) is 0 Å². The summed E-state index contributed by atoms with van der Waals surface area (Å²) in [6.45, 7) is 1.89. The van der Waals surface area contributed by atoms with E-state index in [1.165, 1.54) is 0 Å². The molecule has 0 unspecified atom stereocenters. The predicted octanol–water partition coefficient (Wildman–Crippen LogP) is 3.75. The molecule has 2 N–H and O–H groups in total. The Kier molecular flexibility index (Phi) is 3.59. The summed E-state index contributed by atoms with van der Waals surface area (Å²) in [4.78, 5) is 12.3. The molecule has 112 valence electrons. The molecule has 1 heterocycles. The zero-order valence-electron chi connectivity index (χ0n) is 12.1. The van der Waals surface area contributed by atoms with Gasteiger partial charge in [0.2, 0.25) is 0 Å². The molecule has 0 aliphatic rings. The third kappa shape index (κ3) is 2.22. The van der Waals surface area contributed by atoms with Gasteiger partial charge in [0.15, 0.2) is 0 Å². The Morgan fingerprint density at radius 1 is 1.05 bits per heavy atom. The first-order chi connectivity index (χ1) is 10.6. The van der Waals surface area contributed by atoms with Gasteiger partial charge in [-0.05, 0) is 24.6 Å². The summed E-state index contributed by atoms with van der Waals surface area (Å²) in [5, 5.41) is 21.1. The minimum absolute atomic E-state index is 0.0815. The van der Waals surface area contributed by atoms with Crippen LogP contribution in [-0.4, -0.2) is 10.2 Å². The summed E-state index contributed by atoms with van der Waals surface area (Å²) in [7, 11) is 0. The highest BCUT2D eigenvalue weighted by molar-refractivity contribution is 5.84. The molecule has 0 amide bonds. The van der Waals surface area contributed by atoms with Crippen LogP contribution in [0.25, 0.3) is 11.0 Å². The molecule has 0 saturated carbocycles. The van der Waals surface area contributed by atoms with Crippen LogP contribution in [0, 0.1) is 0 Å². The van der Waals surface area contributed by atoms with Crippen LogP contribution < -0.4 is 5.63 Å². The molecule has 0 bridgehead atoms. The number of hydrogen-bond donors (Lipinski definition) is 2. The van der Waals surface area contributed by atoms with E-state index >= 15 is 0 Å². The average Bonchev–Trinajstić information content (AvgIpc) is 2.52. The van der Waals surface area contributed by atoms with Gasteiger partial charge in [-0.15, -0.1) is 0 Å². The maximum absolute atomic E-state index is 12.3. The number of benzene rings is 2. The molecule has 3 aromatic rings. The summed E-state index contributed by atoms with van der Waals surface area (Å²) >= 11 is 0. The quantitative estimate of drug-likeness (QED) is 0.722. The highest BCUT2D eigenvalue weighted by Gasteiger charge is 2.24. The van der Waals surface area contributed by atoms with Gasteiger partial charge < -0.3 is 14.6 Å². The fraction of sp³-hybridized carbons (Fsp3) is 0.167. The van der Waals surface area contributed by atoms with Crippen LogP contribution in [0.1, 0.15) is 30.4 Å². The topological polar surface area (TPSA) is 70.7 Å². The smallest absolute Gasteiger partial charge is 0.343 e. The van der Waals surface area contributed by atoms with Crippen LogP contribution in [0.4, 0.5) is 0 Å². The number of phenolic OH excluding ortho intramolecular Hbond substituents is 1. The fourth-order valence-corrected chi connectivity index (χ4v) is 2.82. The Labute approximate surface area is 127 Å². The van der Waals surface area contributed by atoms with Gasteiger partial charge in [0.1, 0.15) is 17.1 Å². The molecule has 0 aliphatic carbocycles. The summed E-state index contributed by atoms with van der Waals surface area (Å²) in [5.74, 6) is -0.412. The van der Waals surface area contributed by atoms with Crippen molar-refractivity contribution in [2.45, 2.75) is 19.3 Å². The van der Waals surface area contributed by atoms with Gasteiger partial charge >= 0.3 is 5.63 Å². The highest BCUT2D eigenvalue weighted by atomic mass is 16.4. The average molecular weight is 296 g/mol. The maximum atomic E-state index is 12.3. The van der Waals surface area contributed by atoms with Crippen LogP contribution >= 0.6 is 0 Å². The second-order valence-corrected chi connectivity index (χ2v) is 5.17. The van der Waals surface area contributed by atoms with E-state index in [1.54, 1.807) is 48.5 Å². The molecule has 0 fully saturated rings. The largest absolute Gasteiger partial charge is 0.508 e. The van der Waals surface area contributed by atoms with Gasteiger partial charge in [0.25, 0.3) is 0 Å². The Morgan fingerprint density at radius 2 is 1.73 bits per heavy atom. The van der Waals surface area contributed by atoms with E-state index in [0.717, 1.165) is 0 Å². The van der Waals surface area contributed by atoms with Crippen molar-refractivity contribution in [1.29, 1.82) is 0 Å². The number of aromatic hydroxyl groups is 2. The molecule has 1 aromatic heterocycles. The first-order valence-corrected chi connectivity index (χ1v) is 7.16. The van der Waals surface area contributed by atoms with Crippen molar-refractivity contribution >= 4 is 11.0 Å². The molecule has 3 rings (SSSR count). The highest BCUT2D eigenvalue weighted by Crippen LogP contribution is 2.38. The van der Waals surface area contributed by atoms with Crippen molar-refractivity contribution in [2.24, 2.45) is 0 Å². The number of para-hydroxylation sites is 2. The van der Waals surface area contributed by atoms with Crippen LogP contribution in [0.5, 0.6) is 11.5 Å². The Morgan fingerprint density at radius 3 is 2.45 bits per heavy atom. The van der Waals surface area contributed by atoms with Gasteiger partial charge in [-0.25, -0.2) is 4.79 Å². The van der Waals surface area contributed by atoms with Crippen molar-refractivity contribution in [3.05, 3.63) is 70.1 Å². The second-order valence-electron chi connectivity index (χ2n) is 5.17. The zero-order chi connectivity index (χ0) is 15.7. The van der Waals surface area contributed by atoms with E-state index in [0.29, 0.717) is 23.0 Å². The summed E-state index contributed by atoms with van der Waals surface area (Å²) in [5.41, 5.74) is 0.553. The standard InChI is InChI=1S/C18H16O4/c1-2-11(12-7-3-5-9-14(12)19)16-17(20)13-8-4-6-10-15(13)22-18(16)21/h3-11,19-20H,2H2,1H3/t11-/m0/s1. The van der Waals surface area contributed by atoms with E-state index in [1.807, 2.05) is 6.92 Å². The normalized spacial score (nSPS) is 12.4. The second kappa shape index (κ2) is 5.56. The number of rotatable bonds is 3. The van der Waals surface area contributed by atoms with Crippen molar-refractivity contribution < 1.29 is 14.6 Å². The molecular formula is C18H16O4. The third-order valence-electron chi connectivity index (χ3n) is 3.89. The summed E-state index contributed by atoms with van der Waals surface area (Å²) in [6, 6.07) is 13.7. The lowest BCUT2D eigenvalue weighted by Crippen LogP contribution is -2.14. The molecule has 2 aromatic carbocycles. The lowest BCUT2D eigenvalue weighted by atomic mass is 9.88. The molecule has 4 heteroatoms. The maximum Gasteiger partial charge on any atom is 0.343 e. The Bertz CT molecular complexity index is 880. The molecular weight excluding hydrogens is 280 g/mol. The first-order valence-electron chi connectivity index (χ1n) is 7.16. The zero-order valence-corrected chi connectivity index (χ0v) is 12.1. The van der Waals surface area contributed by atoms with Crippen molar-refractivity contribution in [3.63, 3.8) is 0 Å². The van der Waals surface area contributed by atoms with Gasteiger partial charge in [-0.3, -0.25) is 0 Å². The van der Waals surface area contributed by atoms with Crippen molar-refractivity contribution in [2.75, 3.05) is 0 Å². The SMILES string of the molecule is CC[C@@H](c1ccccc1O)c1c(O)c2ccccc2oc1=O. The van der Waals surface area contributed by atoms with Crippen LogP contribution in [0.2, 0.25) is 0 Å². The number of fused-ring (bicyclic) bond motifs is 1. The molecule has 0 saturated heterocycles. The molecule has 4 nitrogen and oxygen atoms in total. The number of phenols is 1. The Hall–Kier alpha value is -2.75. The van der Waals surface area contributed by atoms with E-state index in [9.17, 15) is 15.0 Å². The van der Waals surface area contributed by atoms with Gasteiger partial charge in [0, 0.05) is 11.5 Å². The molecule has 0 spiro atoms. The molecule has 22 heavy (non-hydrogen) atoms. The van der Waals surface area contributed by atoms with Crippen LogP contribution in [0.15, 0.2) is 57.7 Å². The lowest BCUT2D eigenvalue weighted by Gasteiger charge is -2.17. The van der Waals surface area contributed by atoms with Gasteiger partial charge in [-0.2, -0.15) is 0 Å². The van der Waals surface area contributed by atoms with Crippen LogP contribution in [0.3, 0.4) is 0 Å². The van der Waals surface area contributed by atoms with Crippen molar-refractivity contribution in [3.8, 4) is 11.5 Å². The van der Waals surface area contributed by atoms with Crippen molar-refractivity contribution in [1.82, 2.24) is 0 Å². The fourth-order valence-electron chi connectivity index (χ4n) is 2.82. The van der Waals surface area contributed by atoms with E-state index in [-0.39, 0.29) is 17.1 Å². The minimum atomic E-state index is -0.577. The predicted molar refractivity (Wildman–Crippen MR) is 84.4 cm³/mol. The summed E-state index contributed by atoms with van der Waals surface area (Å²) in [6.07, 6.45) is 0.550.